The summed E-state index contributed by atoms with van der Waals surface area (Å²) in [6.07, 6.45) is 5.52. The highest BCUT2D eigenvalue weighted by Gasteiger charge is 2.40. The maximum atomic E-state index is 5.47. The molecule has 2 heterocycles. The van der Waals surface area contributed by atoms with Crippen molar-refractivity contribution in [1.82, 2.24) is 5.32 Å². The van der Waals surface area contributed by atoms with Crippen LogP contribution in [0, 0.1) is 17.3 Å². The number of hydrogen-bond acceptors (Lipinski definition) is 2. The van der Waals surface area contributed by atoms with Crippen LogP contribution in [-0.4, -0.2) is 26.3 Å². The Morgan fingerprint density at radius 1 is 1.27 bits per heavy atom. The topological polar surface area (TPSA) is 21.3 Å². The Balaban J connectivity index is 1.83. The van der Waals surface area contributed by atoms with Crippen LogP contribution in [-0.2, 0) is 4.74 Å². The Morgan fingerprint density at radius 3 is 2.40 bits per heavy atom. The van der Waals surface area contributed by atoms with Crippen LogP contribution in [0.4, 0.5) is 0 Å². The highest BCUT2D eigenvalue weighted by Crippen LogP contribution is 2.42. The van der Waals surface area contributed by atoms with E-state index in [9.17, 15) is 0 Å². The van der Waals surface area contributed by atoms with Crippen molar-refractivity contribution in [2.45, 2.75) is 39.5 Å². The molecule has 0 bridgehead atoms. The lowest BCUT2D eigenvalue weighted by Crippen LogP contribution is -2.46. The van der Waals surface area contributed by atoms with Gasteiger partial charge in [0.05, 0.1) is 13.2 Å². The van der Waals surface area contributed by atoms with Gasteiger partial charge in [-0.15, -0.1) is 0 Å². The highest BCUT2D eigenvalue weighted by molar-refractivity contribution is 4.89. The molecule has 15 heavy (non-hydrogen) atoms. The molecule has 0 amide bonds. The minimum Gasteiger partial charge on any atom is -0.380 e. The second-order valence-electron chi connectivity index (χ2n) is 5.99. The summed E-state index contributed by atoms with van der Waals surface area (Å²) in [5, 5.41) is 3.45. The molecule has 0 saturated carbocycles. The minimum absolute atomic E-state index is 0.552. The Labute approximate surface area is 93.8 Å². The zero-order valence-corrected chi connectivity index (χ0v) is 10.2. The van der Waals surface area contributed by atoms with Crippen molar-refractivity contribution < 1.29 is 4.74 Å². The van der Waals surface area contributed by atoms with Gasteiger partial charge in [-0.3, -0.25) is 0 Å². The number of piperidine rings is 1. The van der Waals surface area contributed by atoms with Crippen molar-refractivity contribution in [3.05, 3.63) is 0 Å². The molecule has 2 rings (SSSR count). The largest absolute Gasteiger partial charge is 0.380 e. The van der Waals surface area contributed by atoms with Crippen LogP contribution in [0.1, 0.15) is 39.5 Å². The quantitative estimate of drug-likeness (QED) is 0.771. The van der Waals surface area contributed by atoms with E-state index >= 15 is 0 Å². The third-order valence-corrected chi connectivity index (χ3v) is 3.84. The first-order chi connectivity index (χ1) is 7.20. The van der Waals surface area contributed by atoms with Crippen molar-refractivity contribution in [3.8, 4) is 0 Å². The normalized spacial score (nSPS) is 26.6. The molecule has 2 aliphatic rings. The van der Waals surface area contributed by atoms with E-state index in [-0.39, 0.29) is 0 Å². The molecule has 2 fully saturated rings. The standard InChI is InChI=1S/C13H25NO/c1-11(2)7-13(9-15-10-13)8-12-3-5-14-6-4-12/h11-12,14H,3-10H2,1-2H3. The van der Waals surface area contributed by atoms with Gasteiger partial charge in [0.25, 0.3) is 0 Å². The molecular weight excluding hydrogens is 186 g/mol. The van der Waals surface area contributed by atoms with E-state index in [2.05, 4.69) is 19.2 Å². The molecule has 0 aliphatic carbocycles. The van der Waals surface area contributed by atoms with E-state index in [0.717, 1.165) is 25.0 Å². The molecule has 0 aromatic rings. The van der Waals surface area contributed by atoms with E-state index in [4.69, 9.17) is 4.74 Å². The fourth-order valence-electron chi connectivity index (χ4n) is 3.27. The van der Waals surface area contributed by atoms with Crippen LogP contribution in [0.15, 0.2) is 0 Å². The molecule has 2 aliphatic heterocycles. The Morgan fingerprint density at radius 2 is 1.93 bits per heavy atom. The van der Waals surface area contributed by atoms with Crippen molar-refractivity contribution in [1.29, 1.82) is 0 Å². The van der Waals surface area contributed by atoms with Crippen LogP contribution in [0.25, 0.3) is 0 Å². The first kappa shape index (κ1) is 11.4. The molecule has 0 spiro atoms. The predicted octanol–water partition coefficient (Wildman–Crippen LogP) is 2.44. The molecule has 0 aromatic heterocycles. The SMILES string of the molecule is CC(C)CC1(CC2CCNCC2)COC1. The van der Waals surface area contributed by atoms with Crippen molar-refractivity contribution in [2.24, 2.45) is 17.3 Å². The first-order valence-corrected chi connectivity index (χ1v) is 6.49. The van der Waals surface area contributed by atoms with Gasteiger partial charge >= 0.3 is 0 Å². The van der Waals surface area contributed by atoms with Crippen molar-refractivity contribution in [2.75, 3.05) is 26.3 Å². The van der Waals surface area contributed by atoms with Gasteiger partial charge in [-0.1, -0.05) is 13.8 Å². The summed E-state index contributed by atoms with van der Waals surface area (Å²) in [6.45, 7) is 9.17. The number of ether oxygens (including phenoxy) is 1. The summed E-state index contributed by atoms with van der Waals surface area (Å²) in [5.74, 6) is 1.77. The molecule has 0 unspecified atom stereocenters. The third kappa shape index (κ3) is 2.94. The van der Waals surface area contributed by atoms with Gasteiger partial charge in [-0.25, -0.2) is 0 Å². The molecule has 2 nitrogen and oxygen atoms in total. The van der Waals surface area contributed by atoms with Crippen LogP contribution >= 0.6 is 0 Å². The maximum Gasteiger partial charge on any atom is 0.0545 e. The molecule has 2 saturated heterocycles. The molecule has 88 valence electrons. The molecular formula is C13H25NO. The lowest BCUT2D eigenvalue weighted by molar-refractivity contribution is -0.135. The Kier molecular flexibility index (Phi) is 3.68. The van der Waals surface area contributed by atoms with Crippen molar-refractivity contribution in [3.63, 3.8) is 0 Å². The van der Waals surface area contributed by atoms with E-state index in [1.54, 1.807) is 0 Å². The monoisotopic (exact) mass is 211 g/mol. The van der Waals surface area contributed by atoms with Gasteiger partial charge < -0.3 is 10.1 Å². The number of rotatable bonds is 4. The van der Waals surface area contributed by atoms with E-state index in [1.807, 2.05) is 0 Å². The summed E-state index contributed by atoms with van der Waals surface area (Å²) in [4.78, 5) is 0. The average molecular weight is 211 g/mol. The van der Waals surface area contributed by atoms with Gasteiger partial charge in [0.15, 0.2) is 0 Å². The molecule has 0 aromatic carbocycles. The second-order valence-corrected chi connectivity index (χ2v) is 5.99. The van der Waals surface area contributed by atoms with Gasteiger partial charge in [-0.2, -0.15) is 0 Å². The maximum absolute atomic E-state index is 5.47. The summed E-state index contributed by atoms with van der Waals surface area (Å²) in [5.41, 5.74) is 0.552. The number of nitrogens with one attached hydrogen (secondary N) is 1. The number of hydrogen-bond donors (Lipinski definition) is 1. The van der Waals surface area contributed by atoms with Crippen LogP contribution in [0.3, 0.4) is 0 Å². The zero-order valence-electron chi connectivity index (χ0n) is 10.2. The van der Waals surface area contributed by atoms with Gasteiger partial charge in [0.2, 0.25) is 0 Å². The lowest BCUT2D eigenvalue weighted by atomic mass is 9.70. The molecule has 0 atom stereocenters. The van der Waals surface area contributed by atoms with Crippen LogP contribution in [0.5, 0.6) is 0 Å². The van der Waals surface area contributed by atoms with Crippen molar-refractivity contribution >= 4 is 0 Å². The second kappa shape index (κ2) is 4.84. The van der Waals surface area contributed by atoms with Gasteiger partial charge in [0, 0.05) is 5.41 Å². The van der Waals surface area contributed by atoms with E-state index < -0.39 is 0 Å². The molecule has 2 heteroatoms. The fraction of sp³-hybridized carbons (Fsp3) is 1.00. The van der Waals surface area contributed by atoms with Crippen LogP contribution in [0.2, 0.25) is 0 Å². The Hall–Kier alpha value is -0.0800. The smallest absolute Gasteiger partial charge is 0.0545 e. The van der Waals surface area contributed by atoms with Gasteiger partial charge in [-0.05, 0) is 50.6 Å². The first-order valence-electron chi connectivity index (χ1n) is 6.49. The van der Waals surface area contributed by atoms with E-state index in [1.165, 1.54) is 38.8 Å². The summed E-state index contributed by atoms with van der Waals surface area (Å²) >= 11 is 0. The zero-order chi connectivity index (χ0) is 10.7. The fourth-order valence-corrected chi connectivity index (χ4v) is 3.27. The minimum atomic E-state index is 0.552. The predicted molar refractivity (Wildman–Crippen MR) is 62.9 cm³/mol. The summed E-state index contributed by atoms with van der Waals surface area (Å²) < 4.78 is 5.47. The third-order valence-electron chi connectivity index (χ3n) is 3.84. The highest BCUT2D eigenvalue weighted by atomic mass is 16.5. The molecule has 0 radical (unpaired) electrons. The summed E-state index contributed by atoms with van der Waals surface area (Å²) in [7, 11) is 0. The van der Waals surface area contributed by atoms with Gasteiger partial charge in [0.1, 0.15) is 0 Å². The lowest BCUT2D eigenvalue weighted by Gasteiger charge is -2.45. The van der Waals surface area contributed by atoms with E-state index in [0.29, 0.717) is 5.41 Å². The Bertz CT molecular complexity index is 193. The van der Waals surface area contributed by atoms with Crippen LogP contribution < -0.4 is 5.32 Å². The average Bonchev–Trinajstić information content (AvgIpc) is 2.15. The summed E-state index contributed by atoms with van der Waals surface area (Å²) in [6, 6.07) is 0. The molecule has 1 N–H and O–H groups in total.